The van der Waals surface area contributed by atoms with Crippen molar-refractivity contribution in [3.8, 4) is 0 Å². The maximum absolute atomic E-state index is 13.1. The number of carbonyl (C=O) groups excluding carboxylic acids is 1. The first kappa shape index (κ1) is 18.8. The largest absolute Gasteiger partial charge is 0.383 e. The van der Waals surface area contributed by atoms with Gasteiger partial charge in [-0.1, -0.05) is 6.42 Å². The Bertz CT molecular complexity index is 587. The first-order chi connectivity index (χ1) is 12.1. The van der Waals surface area contributed by atoms with E-state index in [1.807, 2.05) is 18.7 Å². The molecule has 0 unspecified atom stereocenters. The number of aromatic nitrogens is 1. The van der Waals surface area contributed by atoms with Crippen LogP contribution in [0.15, 0.2) is 0 Å². The molecule has 2 atom stereocenters. The highest BCUT2D eigenvalue weighted by Gasteiger charge is 2.35. The van der Waals surface area contributed by atoms with Crippen LogP contribution in [0.2, 0.25) is 0 Å². The standard InChI is InChI=1S/C19H31N3O2S/c1-14-18(25-15(2)20-14)19(23)22(11-12-24-3)13-16-7-6-10-21-9-5-4-8-17(16)21/h16-17H,4-13H2,1-3H3/t16-,17+/m0/s1. The Hall–Kier alpha value is -0.980. The number of fused-ring (bicyclic) bond motifs is 1. The first-order valence-electron chi connectivity index (χ1n) is 9.56. The van der Waals surface area contributed by atoms with Gasteiger partial charge in [-0.2, -0.15) is 0 Å². The van der Waals surface area contributed by atoms with Crippen LogP contribution in [0.5, 0.6) is 0 Å². The van der Waals surface area contributed by atoms with Gasteiger partial charge >= 0.3 is 0 Å². The minimum Gasteiger partial charge on any atom is -0.383 e. The van der Waals surface area contributed by atoms with E-state index in [4.69, 9.17) is 4.74 Å². The van der Waals surface area contributed by atoms with Crippen LogP contribution >= 0.6 is 11.3 Å². The molecule has 6 heteroatoms. The maximum atomic E-state index is 13.1. The molecule has 2 fully saturated rings. The van der Waals surface area contributed by atoms with Gasteiger partial charge in [0.2, 0.25) is 0 Å². The van der Waals surface area contributed by atoms with Crippen LogP contribution in [0.3, 0.4) is 0 Å². The second-order valence-electron chi connectivity index (χ2n) is 7.39. The van der Waals surface area contributed by atoms with E-state index in [1.54, 1.807) is 7.11 Å². The van der Waals surface area contributed by atoms with Crippen molar-refractivity contribution in [1.82, 2.24) is 14.8 Å². The quantitative estimate of drug-likeness (QED) is 0.777. The summed E-state index contributed by atoms with van der Waals surface area (Å²) < 4.78 is 5.27. The predicted octanol–water partition coefficient (Wildman–Crippen LogP) is 3.11. The van der Waals surface area contributed by atoms with Gasteiger partial charge in [-0.15, -0.1) is 11.3 Å². The zero-order valence-corrected chi connectivity index (χ0v) is 16.6. The van der Waals surface area contributed by atoms with E-state index in [0.717, 1.165) is 22.1 Å². The summed E-state index contributed by atoms with van der Waals surface area (Å²) in [7, 11) is 1.70. The molecule has 5 nitrogen and oxygen atoms in total. The molecule has 0 spiro atoms. The molecule has 3 heterocycles. The highest BCUT2D eigenvalue weighted by atomic mass is 32.1. The van der Waals surface area contributed by atoms with Crippen molar-refractivity contribution in [3.63, 3.8) is 0 Å². The Morgan fingerprint density at radius 1 is 1.28 bits per heavy atom. The van der Waals surface area contributed by atoms with Gasteiger partial charge in [-0.25, -0.2) is 4.98 Å². The Labute approximate surface area is 155 Å². The molecule has 0 aliphatic carbocycles. The molecule has 1 aromatic rings. The molecule has 2 aliphatic heterocycles. The van der Waals surface area contributed by atoms with E-state index in [0.29, 0.717) is 25.1 Å². The molecule has 140 valence electrons. The van der Waals surface area contributed by atoms with Crippen LogP contribution in [0.25, 0.3) is 0 Å². The summed E-state index contributed by atoms with van der Waals surface area (Å²) in [5.74, 6) is 0.720. The molecule has 0 radical (unpaired) electrons. The number of thiazole rings is 1. The lowest BCUT2D eigenvalue weighted by atomic mass is 9.83. The normalized spacial score (nSPS) is 24.1. The monoisotopic (exact) mass is 365 g/mol. The Balaban J connectivity index is 1.73. The maximum Gasteiger partial charge on any atom is 0.265 e. The van der Waals surface area contributed by atoms with Crippen molar-refractivity contribution in [2.45, 2.75) is 52.0 Å². The predicted molar refractivity (Wildman–Crippen MR) is 101 cm³/mol. The third-order valence-corrected chi connectivity index (χ3v) is 6.69. The summed E-state index contributed by atoms with van der Waals surface area (Å²) >= 11 is 1.52. The molecular weight excluding hydrogens is 334 g/mol. The second kappa shape index (κ2) is 8.60. The molecule has 2 aliphatic rings. The molecule has 2 saturated heterocycles. The Morgan fingerprint density at radius 3 is 2.80 bits per heavy atom. The summed E-state index contributed by atoms with van der Waals surface area (Å²) in [5.41, 5.74) is 0.859. The molecule has 0 bridgehead atoms. The molecule has 1 amide bonds. The number of aryl methyl sites for hydroxylation is 2. The summed E-state index contributed by atoms with van der Waals surface area (Å²) in [5, 5.41) is 0.962. The molecule has 1 aromatic heterocycles. The topological polar surface area (TPSA) is 45.7 Å². The third kappa shape index (κ3) is 4.41. The number of nitrogens with zero attached hydrogens (tertiary/aromatic N) is 3. The van der Waals surface area contributed by atoms with Crippen LogP contribution < -0.4 is 0 Å². The van der Waals surface area contributed by atoms with E-state index < -0.39 is 0 Å². The van der Waals surface area contributed by atoms with Gasteiger partial charge in [0, 0.05) is 26.2 Å². The van der Waals surface area contributed by atoms with E-state index in [-0.39, 0.29) is 5.91 Å². The SMILES string of the molecule is COCCN(C[C@@H]1CCCN2CCCC[C@H]12)C(=O)c1sc(C)nc1C. The molecule has 3 rings (SSSR count). The van der Waals surface area contributed by atoms with Gasteiger partial charge in [-0.05, 0) is 58.5 Å². The summed E-state index contributed by atoms with van der Waals surface area (Å²) in [4.78, 5) is 23.1. The van der Waals surface area contributed by atoms with Gasteiger partial charge in [0.1, 0.15) is 4.88 Å². The van der Waals surface area contributed by atoms with Crippen LogP contribution in [-0.2, 0) is 4.74 Å². The second-order valence-corrected chi connectivity index (χ2v) is 8.60. The van der Waals surface area contributed by atoms with Crippen molar-refractivity contribution in [1.29, 1.82) is 0 Å². The van der Waals surface area contributed by atoms with E-state index in [1.165, 1.54) is 56.5 Å². The fraction of sp³-hybridized carbons (Fsp3) is 0.789. The van der Waals surface area contributed by atoms with Crippen molar-refractivity contribution < 1.29 is 9.53 Å². The molecule has 25 heavy (non-hydrogen) atoms. The lowest BCUT2D eigenvalue weighted by molar-refractivity contribution is 0.0317. The van der Waals surface area contributed by atoms with Crippen LogP contribution in [0, 0.1) is 19.8 Å². The Morgan fingerprint density at radius 2 is 2.08 bits per heavy atom. The molecule has 0 N–H and O–H groups in total. The summed E-state index contributed by atoms with van der Waals surface area (Å²) in [6.07, 6.45) is 6.44. The highest BCUT2D eigenvalue weighted by Crippen LogP contribution is 2.32. The number of carbonyl (C=O) groups is 1. The number of piperidine rings is 2. The average Bonchev–Trinajstić information content (AvgIpc) is 2.96. The van der Waals surface area contributed by atoms with Gasteiger partial charge in [0.15, 0.2) is 0 Å². The third-order valence-electron chi connectivity index (χ3n) is 5.63. The van der Waals surface area contributed by atoms with E-state index in [9.17, 15) is 4.79 Å². The van der Waals surface area contributed by atoms with Gasteiger partial charge in [-0.3, -0.25) is 4.79 Å². The fourth-order valence-electron chi connectivity index (χ4n) is 4.42. The van der Waals surface area contributed by atoms with Gasteiger partial charge in [0.05, 0.1) is 17.3 Å². The summed E-state index contributed by atoms with van der Waals surface area (Å²) in [6, 6.07) is 0.657. The smallest absolute Gasteiger partial charge is 0.265 e. The van der Waals surface area contributed by atoms with E-state index >= 15 is 0 Å². The lowest BCUT2D eigenvalue weighted by Gasteiger charge is -2.45. The van der Waals surface area contributed by atoms with Crippen molar-refractivity contribution >= 4 is 17.2 Å². The molecule has 0 aromatic carbocycles. The van der Waals surface area contributed by atoms with Gasteiger partial charge < -0.3 is 14.5 Å². The number of amides is 1. The van der Waals surface area contributed by atoms with Crippen molar-refractivity contribution in [3.05, 3.63) is 15.6 Å². The minimum absolute atomic E-state index is 0.132. The number of hydrogen-bond donors (Lipinski definition) is 0. The van der Waals surface area contributed by atoms with Crippen LogP contribution in [-0.4, -0.2) is 66.6 Å². The van der Waals surface area contributed by atoms with Crippen molar-refractivity contribution in [2.75, 3.05) is 39.9 Å². The van der Waals surface area contributed by atoms with Gasteiger partial charge in [0.25, 0.3) is 5.91 Å². The average molecular weight is 366 g/mol. The highest BCUT2D eigenvalue weighted by molar-refractivity contribution is 7.13. The number of methoxy groups -OCH3 is 1. The fourth-order valence-corrected chi connectivity index (χ4v) is 5.31. The van der Waals surface area contributed by atoms with Crippen LogP contribution in [0.1, 0.15) is 52.5 Å². The number of rotatable bonds is 6. The first-order valence-corrected chi connectivity index (χ1v) is 10.4. The molecule has 0 saturated carbocycles. The van der Waals surface area contributed by atoms with Crippen LogP contribution in [0.4, 0.5) is 0 Å². The van der Waals surface area contributed by atoms with Crippen molar-refractivity contribution in [2.24, 2.45) is 5.92 Å². The van der Waals surface area contributed by atoms with E-state index in [2.05, 4.69) is 9.88 Å². The zero-order valence-electron chi connectivity index (χ0n) is 15.8. The number of hydrogen-bond acceptors (Lipinski definition) is 5. The number of ether oxygens (including phenoxy) is 1. The molecular formula is C19H31N3O2S. The summed E-state index contributed by atoms with van der Waals surface area (Å²) in [6.45, 7) is 8.47. The minimum atomic E-state index is 0.132. The lowest BCUT2D eigenvalue weighted by Crippen LogP contribution is -2.52. The Kier molecular flexibility index (Phi) is 6.47. The zero-order chi connectivity index (χ0) is 17.8.